The highest BCUT2D eigenvalue weighted by molar-refractivity contribution is 7.70. The highest BCUT2D eigenvalue weighted by Gasteiger charge is 2.19. The number of benzene rings is 8. The first kappa shape index (κ1) is 29.9. The van der Waals surface area contributed by atoms with Gasteiger partial charge in [0.25, 0.3) is 0 Å². The average Bonchev–Trinajstić information content (AvgIpc) is 3.14. The molecule has 0 heterocycles. The molecule has 0 bridgehead atoms. The Kier molecular flexibility index (Phi) is 7.64. The van der Waals surface area contributed by atoms with Gasteiger partial charge >= 0.3 is 0 Å². The molecule has 0 fully saturated rings. The van der Waals surface area contributed by atoms with Gasteiger partial charge in [-0.25, -0.2) is 0 Å². The number of rotatable bonds is 6. The van der Waals surface area contributed by atoms with Crippen LogP contribution < -0.4 is 5.30 Å². The van der Waals surface area contributed by atoms with Crippen LogP contribution in [0.25, 0.3) is 77.2 Å². The Morgan fingerprint density at radius 3 is 1.21 bits per heavy atom. The molecular formula is C46H35OP. The molecule has 8 aromatic rings. The van der Waals surface area contributed by atoms with Gasteiger partial charge in [-0.1, -0.05) is 164 Å². The lowest BCUT2D eigenvalue weighted by Gasteiger charge is -2.19. The van der Waals surface area contributed by atoms with Crippen LogP contribution in [0.5, 0.6) is 0 Å². The number of fused-ring (bicyclic) bond motifs is 2. The van der Waals surface area contributed by atoms with E-state index in [-0.39, 0.29) is 0 Å². The highest BCUT2D eigenvalue weighted by atomic mass is 31.2. The van der Waals surface area contributed by atoms with E-state index in [4.69, 9.17) is 0 Å². The monoisotopic (exact) mass is 634 g/mol. The minimum atomic E-state index is -2.41. The SMILES string of the molecule is CP(C)(=O)c1cccc(-c2ccc3c(-c4ccc(-c5ccccc5)cc4)c4ccccc4c(-c4ccc(-c5ccccc5)cc4)c3c2)c1. The Balaban J connectivity index is 1.38. The summed E-state index contributed by atoms with van der Waals surface area (Å²) in [7, 11) is -2.41. The van der Waals surface area contributed by atoms with Crippen molar-refractivity contribution in [1.82, 2.24) is 0 Å². The van der Waals surface area contributed by atoms with Crippen molar-refractivity contribution in [1.29, 1.82) is 0 Å². The van der Waals surface area contributed by atoms with E-state index in [0.29, 0.717) is 0 Å². The average molecular weight is 635 g/mol. The van der Waals surface area contributed by atoms with Gasteiger partial charge in [0, 0.05) is 5.30 Å². The second kappa shape index (κ2) is 12.3. The third-order valence-corrected chi connectivity index (χ3v) is 10.9. The lowest BCUT2D eigenvalue weighted by molar-refractivity contribution is 0.588. The molecule has 2 heteroatoms. The summed E-state index contributed by atoms with van der Waals surface area (Å²) in [4.78, 5) is 0. The Labute approximate surface area is 282 Å². The van der Waals surface area contributed by atoms with Crippen molar-refractivity contribution in [2.75, 3.05) is 13.3 Å². The van der Waals surface area contributed by atoms with E-state index in [1.807, 2.05) is 25.5 Å². The smallest absolute Gasteiger partial charge is 0.109 e. The topological polar surface area (TPSA) is 17.1 Å². The highest BCUT2D eigenvalue weighted by Crippen LogP contribution is 2.45. The molecule has 0 aliphatic heterocycles. The van der Waals surface area contributed by atoms with Gasteiger partial charge in [-0.2, -0.15) is 0 Å². The van der Waals surface area contributed by atoms with Crippen LogP contribution in [0, 0.1) is 0 Å². The van der Waals surface area contributed by atoms with Crippen LogP contribution in [0.3, 0.4) is 0 Å². The molecular weight excluding hydrogens is 599 g/mol. The van der Waals surface area contributed by atoms with E-state index in [0.717, 1.165) is 16.4 Å². The van der Waals surface area contributed by atoms with Crippen molar-refractivity contribution in [3.63, 3.8) is 0 Å². The van der Waals surface area contributed by atoms with Gasteiger partial charge in [0.1, 0.15) is 7.14 Å². The van der Waals surface area contributed by atoms with Crippen LogP contribution in [0.2, 0.25) is 0 Å². The van der Waals surface area contributed by atoms with E-state index in [2.05, 4.69) is 164 Å². The zero-order valence-electron chi connectivity index (χ0n) is 27.1. The Bertz CT molecular complexity index is 2460. The molecule has 0 saturated heterocycles. The summed E-state index contributed by atoms with van der Waals surface area (Å²) in [6.45, 7) is 3.68. The van der Waals surface area contributed by atoms with Gasteiger partial charge in [-0.15, -0.1) is 0 Å². The molecule has 0 saturated carbocycles. The van der Waals surface area contributed by atoms with Crippen molar-refractivity contribution >= 4 is 34.0 Å². The molecule has 0 aliphatic carbocycles. The summed E-state index contributed by atoms with van der Waals surface area (Å²) in [5, 5.41) is 5.75. The van der Waals surface area contributed by atoms with Crippen LogP contribution in [-0.4, -0.2) is 13.3 Å². The van der Waals surface area contributed by atoms with Gasteiger partial charge in [0.2, 0.25) is 0 Å². The fourth-order valence-electron chi connectivity index (χ4n) is 6.92. The molecule has 230 valence electrons. The van der Waals surface area contributed by atoms with E-state index in [9.17, 15) is 4.57 Å². The lowest BCUT2D eigenvalue weighted by atomic mass is 9.84. The van der Waals surface area contributed by atoms with Crippen molar-refractivity contribution in [3.05, 3.63) is 176 Å². The normalized spacial score (nSPS) is 11.6. The molecule has 1 nitrogen and oxygen atoms in total. The second-order valence-corrected chi connectivity index (χ2v) is 16.1. The van der Waals surface area contributed by atoms with Gasteiger partial charge in [0.15, 0.2) is 0 Å². The molecule has 0 unspecified atom stereocenters. The standard InChI is InChI=1S/C46H35OP/c1-48(2,47)40-17-11-16-38(30-40)39-28-29-43-44(31-39)46(37-26-22-35(23-27-37)33-14-7-4-8-15-33)42-19-10-9-18-41(42)45(43)36-24-20-34(21-25-36)32-12-5-3-6-13-32/h3-31H,1-2H3. The van der Waals surface area contributed by atoms with Crippen molar-refractivity contribution in [3.8, 4) is 55.6 Å². The third-order valence-electron chi connectivity index (χ3n) is 9.39. The zero-order valence-corrected chi connectivity index (χ0v) is 28.0. The van der Waals surface area contributed by atoms with Crippen LogP contribution in [0.4, 0.5) is 0 Å². The largest absolute Gasteiger partial charge is 0.319 e. The summed E-state index contributed by atoms with van der Waals surface area (Å²) in [5.41, 5.74) is 11.8. The predicted octanol–water partition coefficient (Wildman–Crippen LogP) is 12.6. The summed E-state index contributed by atoms with van der Waals surface area (Å²) in [5.74, 6) is 0. The first-order valence-electron chi connectivity index (χ1n) is 16.4. The first-order valence-corrected chi connectivity index (χ1v) is 19.0. The van der Waals surface area contributed by atoms with Crippen molar-refractivity contribution < 1.29 is 4.57 Å². The summed E-state index contributed by atoms with van der Waals surface area (Å²) in [6.07, 6.45) is 0. The fourth-order valence-corrected chi connectivity index (χ4v) is 7.82. The molecule has 8 aromatic carbocycles. The fraction of sp³-hybridized carbons (Fsp3) is 0.0435. The maximum absolute atomic E-state index is 13.0. The van der Waals surface area contributed by atoms with Crippen molar-refractivity contribution in [2.24, 2.45) is 0 Å². The summed E-state index contributed by atoms with van der Waals surface area (Å²) in [6, 6.07) is 62.9. The summed E-state index contributed by atoms with van der Waals surface area (Å²) < 4.78 is 13.0. The van der Waals surface area contributed by atoms with Gasteiger partial charge in [-0.3, -0.25) is 0 Å². The maximum Gasteiger partial charge on any atom is 0.109 e. The lowest BCUT2D eigenvalue weighted by Crippen LogP contribution is -2.02. The molecule has 0 spiro atoms. The first-order chi connectivity index (χ1) is 23.4. The molecule has 0 amide bonds. The number of hydrogen-bond acceptors (Lipinski definition) is 1. The second-order valence-electron chi connectivity index (χ2n) is 12.8. The molecule has 8 rings (SSSR count). The van der Waals surface area contributed by atoms with Gasteiger partial charge < -0.3 is 4.57 Å². The molecule has 0 aliphatic rings. The molecule has 0 atom stereocenters. The molecule has 0 radical (unpaired) electrons. The minimum Gasteiger partial charge on any atom is -0.319 e. The van der Waals surface area contributed by atoms with Gasteiger partial charge in [-0.05, 0) is 103 Å². The van der Waals surface area contributed by atoms with E-state index < -0.39 is 7.14 Å². The van der Waals surface area contributed by atoms with E-state index >= 15 is 0 Å². The van der Waals surface area contributed by atoms with E-state index in [1.54, 1.807) is 0 Å². The van der Waals surface area contributed by atoms with Crippen LogP contribution in [-0.2, 0) is 4.57 Å². The zero-order chi connectivity index (χ0) is 32.7. The molecule has 48 heavy (non-hydrogen) atoms. The van der Waals surface area contributed by atoms with Gasteiger partial charge in [0.05, 0.1) is 0 Å². The van der Waals surface area contributed by atoms with E-state index in [1.165, 1.54) is 66.1 Å². The van der Waals surface area contributed by atoms with Crippen LogP contribution >= 0.6 is 7.14 Å². The predicted molar refractivity (Wildman–Crippen MR) is 208 cm³/mol. The summed E-state index contributed by atoms with van der Waals surface area (Å²) >= 11 is 0. The van der Waals surface area contributed by atoms with Crippen LogP contribution in [0.1, 0.15) is 0 Å². The Morgan fingerprint density at radius 1 is 0.312 bits per heavy atom. The molecule has 0 aromatic heterocycles. The van der Waals surface area contributed by atoms with Crippen LogP contribution in [0.15, 0.2) is 176 Å². The molecule has 0 N–H and O–H groups in total. The van der Waals surface area contributed by atoms with Crippen molar-refractivity contribution in [2.45, 2.75) is 0 Å². The third kappa shape index (κ3) is 5.57. The quantitative estimate of drug-likeness (QED) is 0.131. The Hall–Kier alpha value is -5.49. The number of hydrogen-bond donors (Lipinski definition) is 0. The Morgan fingerprint density at radius 2 is 0.688 bits per heavy atom. The maximum atomic E-state index is 13.0. The minimum absolute atomic E-state index is 0.898.